The molecule has 0 aliphatic heterocycles. The van der Waals surface area contributed by atoms with Gasteiger partial charge in [0, 0.05) is 17.8 Å². The van der Waals surface area contributed by atoms with E-state index in [-0.39, 0.29) is 0 Å². The zero-order valence-corrected chi connectivity index (χ0v) is 13.9. The first-order chi connectivity index (χ1) is 9.69. The standard InChI is InChI=1S/C14H20ClN.C3H7N/c1-3-5-6-10-16-14-9-8-13(15)11-12(14)7-4-2;1-3-4-2/h6,8-11,16H,3-5,7H2,1-2H3;3H,1-2H3/b10-6+;. The highest BCUT2D eigenvalue weighted by atomic mass is 35.5. The van der Waals surface area contributed by atoms with Gasteiger partial charge in [-0.25, -0.2) is 0 Å². The molecule has 0 bridgehead atoms. The van der Waals surface area contributed by atoms with Crippen LogP contribution in [0.15, 0.2) is 35.5 Å². The molecular weight excluding hydrogens is 268 g/mol. The minimum absolute atomic E-state index is 0.812. The molecule has 1 aromatic rings. The second-order valence-electron chi connectivity index (χ2n) is 4.40. The minimum Gasteiger partial charge on any atom is -0.362 e. The number of benzene rings is 1. The first-order valence-electron chi connectivity index (χ1n) is 7.26. The minimum atomic E-state index is 0.812. The number of hydrogen-bond acceptors (Lipinski definition) is 2. The van der Waals surface area contributed by atoms with Crippen molar-refractivity contribution in [2.75, 3.05) is 12.4 Å². The van der Waals surface area contributed by atoms with Crippen molar-refractivity contribution in [2.45, 2.75) is 46.5 Å². The predicted octanol–water partition coefficient (Wildman–Crippen LogP) is 5.73. The van der Waals surface area contributed by atoms with Crippen molar-refractivity contribution < 1.29 is 0 Å². The predicted molar refractivity (Wildman–Crippen MR) is 93.2 cm³/mol. The molecule has 20 heavy (non-hydrogen) atoms. The van der Waals surface area contributed by atoms with E-state index in [0.29, 0.717) is 0 Å². The van der Waals surface area contributed by atoms with Gasteiger partial charge in [0.05, 0.1) is 0 Å². The summed E-state index contributed by atoms with van der Waals surface area (Å²) in [6.45, 7) is 6.24. The Balaban J connectivity index is 0.000000796. The van der Waals surface area contributed by atoms with E-state index in [1.807, 2.05) is 31.3 Å². The van der Waals surface area contributed by atoms with Gasteiger partial charge in [0.15, 0.2) is 0 Å². The number of halogens is 1. The zero-order valence-electron chi connectivity index (χ0n) is 13.1. The van der Waals surface area contributed by atoms with Crippen LogP contribution < -0.4 is 5.32 Å². The number of hydrogen-bond donors (Lipinski definition) is 1. The van der Waals surface area contributed by atoms with Gasteiger partial charge in [-0.2, -0.15) is 0 Å². The summed E-state index contributed by atoms with van der Waals surface area (Å²) in [6.07, 6.45) is 10.4. The quantitative estimate of drug-likeness (QED) is 0.666. The number of nitrogens with one attached hydrogen (secondary N) is 1. The van der Waals surface area contributed by atoms with Crippen LogP contribution in [0.4, 0.5) is 5.69 Å². The molecule has 0 saturated carbocycles. The van der Waals surface area contributed by atoms with Gasteiger partial charge >= 0.3 is 0 Å². The number of unbranched alkanes of at least 4 members (excludes halogenated alkanes) is 1. The molecule has 0 amide bonds. The Morgan fingerprint density at radius 3 is 2.50 bits per heavy atom. The molecule has 0 heterocycles. The van der Waals surface area contributed by atoms with E-state index < -0.39 is 0 Å². The molecule has 1 rings (SSSR count). The second-order valence-corrected chi connectivity index (χ2v) is 4.84. The summed E-state index contributed by atoms with van der Waals surface area (Å²) in [7, 11) is 1.75. The fourth-order valence-corrected chi connectivity index (χ4v) is 1.77. The van der Waals surface area contributed by atoms with Crippen molar-refractivity contribution in [3.8, 4) is 0 Å². The summed E-state index contributed by atoms with van der Waals surface area (Å²) in [6, 6.07) is 6.02. The topological polar surface area (TPSA) is 24.4 Å². The Hall–Kier alpha value is -1.28. The molecule has 0 unspecified atom stereocenters. The smallest absolute Gasteiger partial charge is 0.0413 e. The first-order valence-corrected chi connectivity index (χ1v) is 7.64. The van der Waals surface area contributed by atoms with E-state index >= 15 is 0 Å². The molecule has 1 aromatic carbocycles. The summed E-state index contributed by atoms with van der Waals surface area (Å²) in [4.78, 5) is 3.61. The maximum Gasteiger partial charge on any atom is 0.0413 e. The van der Waals surface area contributed by atoms with Crippen LogP contribution >= 0.6 is 11.6 Å². The molecule has 0 aromatic heterocycles. The fraction of sp³-hybridized carbons (Fsp3) is 0.471. The molecule has 1 N–H and O–H groups in total. The lowest BCUT2D eigenvalue weighted by Crippen LogP contribution is -1.94. The summed E-state index contributed by atoms with van der Waals surface area (Å²) in [5.41, 5.74) is 2.45. The Morgan fingerprint density at radius 1 is 1.25 bits per heavy atom. The van der Waals surface area contributed by atoms with Crippen LogP contribution in [0.5, 0.6) is 0 Å². The summed E-state index contributed by atoms with van der Waals surface area (Å²) in [5.74, 6) is 0. The highest BCUT2D eigenvalue weighted by Crippen LogP contribution is 2.22. The third-order valence-corrected chi connectivity index (χ3v) is 2.89. The monoisotopic (exact) mass is 294 g/mol. The van der Waals surface area contributed by atoms with Crippen molar-refractivity contribution in [1.29, 1.82) is 0 Å². The van der Waals surface area contributed by atoms with Crippen LogP contribution in [0, 0.1) is 0 Å². The lowest BCUT2D eigenvalue weighted by atomic mass is 10.1. The van der Waals surface area contributed by atoms with Gasteiger partial charge in [0.25, 0.3) is 0 Å². The Labute approximate surface area is 129 Å². The Morgan fingerprint density at radius 2 is 1.95 bits per heavy atom. The van der Waals surface area contributed by atoms with Gasteiger partial charge in [-0.05, 0) is 55.9 Å². The second kappa shape index (κ2) is 12.7. The summed E-state index contributed by atoms with van der Waals surface area (Å²) in [5, 5.41) is 4.13. The summed E-state index contributed by atoms with van der Waals surface area (Å²) < 4.78 is 0. The highest BCUT2D eigenvalue weighted by molar-refractivity contribution is 6.30. The van der Waals surface area contributed by atoms with Crippen molar-refractivity contribution in [3.63, 3.8) is 0 Å². The van der Waals surface area contributed by atoms with E-state index in [1.54, 1.807) is 13.3 Å². The van der Waals surface area contributed by atoms with Crippen LogP contribution in [0.2, 0.25) is 5.02 Å². The number of aryl methyl sites for hydroxylation is 1. The normalized spacial score (nSPS) is 10.7. The van der Waals surface area contributed by atoms with Crippen LogP contribution in [-0.2, 0) is 6.42 Å². The van der Waals surface area contributed by atoms with E-state index in [1.165, 1.54) is 17.7 Å². The van der Waals surface area contributed by atoms with Crippen molar-refractivity contribution >= 4 is 23.5 Å². The summed E-state index contributed by atoms with van der Waals surface area (Å²) >= 11 is 5.99. The number of allylic oxidation sites excluding steroid dienone is 1. The van der Waals surface area contributed by atoms with E-state index in [0.717, 1.165) is 24.3 Å². The van der Waals surface area contributed by atoms with Crippen LogP contribution in [0.25, 0.3) is 0 Å². The van der Waals surface area contributed by atoms with Crippen molar-refractivity contribution in [1.82, 2.24) is 0 Å². The molecule has 0 atom stereocenters. The molecule has 2 nitrogen and oxygen atoms in total. The molecule has 0 saturated heterocycles. The maximum absolute atomic E-state index is 5.99. The average molecular weight is 295 g/mol. The third-order valence-electron chi connectivity index (χ3n) is 2.66. The first kappa shape index (κ1) is 18.7. The van der Waals surface area contributed by atoms with Gasteiger partial charge in [0.2, 0.25) is 0 Å². The highest BCUT2D eigenvalue weighted by Gasteiger charge is 2.00. The molecule has 0 aliphatic carbocycles. The number of aliphatic imine (C=N–C) groups is 1. The van der Waals surface area contributed by atoms with Crippen molar-refractivity contribution in [2.24, 2.45) is 4.99 Å². The third kappa shape index (κ3) is 8.76. The van der Waals surface area contributed by atoms with Gasteiger partial charge in [-0.1, -0.05) is 44.4 Å². The number of anilines is 1. The van der Waals surface area contributed by atoms with E-state index in [9.17, 15) is 0 Å². The molecule has 0 aliphatic rings. The molecule has 0 fully saturated rings. The molecule has 0 spiro atoms. The van der Waals surface area contributed by atoms with Gasteiger partial charge in [-0.3, -0.25) is 0 Å². The molecule has 0 radical (unpaired) electrons. The molecular formula is C17H27ClN2. The zero-order chi connectivity index (χ0) is 15.2. The maximum atomic E-state index is 5.99. The lowest BCUT2D eigenvalue weighted by Gasteiger charge is -2.08. The number of nitrogens with zero attached hydrogens (tertiary/aromatic N) is 1. The van der Waals surface area contributed by atoms with Gasteiger partial charge < -0.3 is 10.3 Å². The molecule has 112 valence electrons. The van der Waals surface area contributed by atoms with E-state index in [4.69, 9.17) is 11.6 Å². The Kier molecular flexibility index (Phi) is 11.9. The van der Waals surface area contributed by atoms with Crippen LogP contribution in [0.1, 0.15) is 45.6 Å². The lowest BCUT2D eigenvalue weighted by molar-refractivity contribution is 0.923. The number of rotatable bonds is 6. The average Bonchev–Trinajstić information content (AvgIpc) is 2.46. The fourth-order valence-electron chi connectivity index (χ4n) is 1.58. The van der Waals surface area contributed by atoms with Gasteiger partial charge in [-0.15, -0.1) is 0 Å². The van der Waals surface area contributed by atoms with Gasteiger partial charge in [0.1, 0.15) is 0 Å². The molecule has 3 heteroatoms. The van der Waals surface area contributed by atoms with E-state index in [2.05, 4.69) is 30.2 Å². The largest absolute Gasteiger partial charge is 0.362 e. The van der Waals surface area contributed by atoms with Crippen LogP contribution in [-0.4, -0.2) is 13.3 Å². The van der Waals surface area contributed by atoms with Crippen molar-refractivity contribution in [3.05, 3.63) is 41.1 Å². The SMILES string of the molecule is CC=NC.CCC/C=C/Nc1ccc(Cl)cc1CCC. The van der Waals surface area contributed by atoms with Crippen LogP contribution in [0.3, 0.4) is 0 Å². The Bertz CT molecular complexity index is 407.